The molecule has 4 heteroatoms. The van der Waals surface area contributed by atoms with Gasteiger partial charge in [0, 0.05) is 17.6 Å². The highest BCUT2D eigenvalue weighted by atomic mass is 16.5. The van der Waals surface area contributed by atoms with Crippen molar-refractivity contribution in [2.45, 2.75) is 6.92 Å². The van der Waals surface area contributed by atoms with Crippen LogP contribution in [0.1, 0.15) is 5.56 Å². The van der Waals surface area contributed by atoms with Crippen LogP contribution in [0, 0.1) is 6.92 Å². The Hall–Kier alpha value is -1.81. The molecule has 86 valence electrons. The molecule has 0 unspecified atom stereocenters. The predicted molar refractivity (Wildman–Crippen MR) is 63.2 cm³/mol. The average Bonchev–Trinajstić information content (AvgIpc) is 2.28. The van der Waals surface area contributed by atoms with Crippen LogP contribution >= 0.6 is 0 Å². The van der Waals surface area contributed by atoms with Crippen molar-refractivity contribution < 1.29 is 14.9 Å². The van der Waals surface area contributed by atoms with E-state index in [4.69, 9.17) is 9.47 Å². The SMILES string of the molecule is COc1cc(OC)c2nccc(C)c2c1.O. The van der Waals surface area contributed by atoms with Crippen molar-refractivity contribution in [1.29, 1.82) is 0 Å². The van der Waals surface area contributed by atoms with Gasteiger partial charge in [0.1, 0.15) is 17.0 Å². The zero-order valence-electron chi connectivity index (χ0n) is 9.57. The molecule has 0 bridgehead atoms. The lowest BCUT2D eigenvalue weighted by Crippen LogP contribution is -1.91. The summed E-state index contributed by atoms with van der Waals surface area (Å²) in [5.74, 6) is 1.53. The number of hydrogen-bond donors (Lipinski definition) is 0. The fourth-order valence-electron chi connectivity index (χ4n) is 1.60. The molecule has 0 saturated carbocycles. The summed E-state index contributed by atoms with van der Waals surface area (Å²) in [7, 11) is 3.28. The Labute approximate surface area is 94.1 Å². The van der Waals surface area contributed by atoms with Gasteiger partial charge in [0.05, 0.1) is 14.2 Å². The highest BCUT2D eigenvalue weighted by Crippen LogP contribution is 2.30. The Balaban J connectivity index is 0.00000128. The van der Waals surface area contributed by atoms with Crippen molar-refractivity contribution in [3.63, 3.8) is 0 Å². The van der Waals surface area contributed by atoms with Gasteiger partial charge < -0.3 is 14.9 Å². The van der Waals surface area contributed by atoms with Crippen molar-refractivity contribution in [3.8, 4) is 11.5 Å². The zero-order valence-corrected chi connectivity index (χ0v) is 9.57. The molecule has 0 amide bonds. The number of benzene rings is 1. The lowest BCUT2D eigenvalue weighted by molar-refractivity contribution is 0.397. The van der Waals surface area contributed by atoms with Crippen LogP contribution in [0.25, 0.3) is 10.9 Å². The topological polar surface area (TPSA) is 62.9 Å². The van der Waals surface area contributed by atoms with E-state index in [1.54, 1.807) is 20.4 Å². The minimum atomic E-state index is 0. The average molecular weight is 221 g/mol. The monoisotopic (exact) mass is 221 g/mol. The number of fused-ring (bicyclic) bond motifs is 1. The van der Waals surface area contributed by atoms with Crippen molar-refractivity contribution in [2.24, 2.45) is 0 Å². The van der Waals surface area contributed by atoms with E-state index in [0.29, 0.717) is 0 Å². The van der Waals surface area contributed by atoms with Gasteiger partial charge in [-0.05, 0) is 24.6 Å². The summed E-state index contributed by atoms with van der Waals surface area (Å²) in [5, 5.41) is 1.06. The first-order valence-electron chi connectivity index (χ1n) is 4.73. The minimum Gasteiger partial charge on any atom is -0.497 e. The summed E-state index contributed by atoms with van der Waals surface area (Å²) < 4.78 is 10.5. The van der Waals surface area contributed by atoms with Crippen LogP contribution in [0.3, 0.4) is 0 Å². The van der Waals surface area contributed by atoms with E-state index >= 15 is 0 Å². The van der Waals surface area contributed by atoms with Gasteiger partial charge in [-0.1, -0.05) is 0 Å². The number of hydrogen-bond acceptors (Lipinski definition) is 3. The number of ether oxygens (including phenoxy) is 2. The van der Waals surface area contributed by atoms with E-state index in [9.17, 15) is 0 Å². The van der Waals surface area contributed by atoms with Crippen LogP contribution in [0.2, 0.25) is 0 Å². The van der Waals surface area contributed by atoms with Crippen LogP contribution in [0.5, 0.6) is 11.5 Å². The summed E-state index contributed by atoms with van der Waals surface area (Å²) in [6, 6.07) is 5.79. The third-order valence-corrected chi connectivity index (χ3v) is 2.46. The predicted octanol–water partition coefficient (Wildman–Crippen LogP) is 1.74. The zero-order chi connectivity index (χ0) is 10.8. The largest absolute Gasteiger partial charge is 0.497 e. The molecule has 0 aliphatic rings. The molecule has 16 heavy (non-hydrogen) atoms. The number of pyridine rings is 1. The molecule has 2 rings (SSSR count). The van der Waals surface area contributed by atoms with Gasteiger partial charge in [-0.2, -0.15) is 0 Å². The van der Waals surface area contributed by atoms with E-state index in [-0.39, 0.29) is 5.48 Å². The highest BCUT2D eigenvalue weighted by Gasteiger charge is 2.07. The quantitative estimate of drug-likeness (QED) is 0.775. The van der Waals surface area contributed by atoms with Gasteiger partial charge in [0.25, 0.3) is 0 Å². The molecule has 0 fully saturated rings. The van der Waals surface area contributed by atoms with Crippen LogP contribution < -0.4 is 9.47 Å². The van der Waals surface area contributed by atoms with E-state index in [2.05, 4.69) is 4.98 Å². The van der Waals surface area contributed by atoms with Gasteiger partial charge in [0.15, 0.2) is 0 Å². The standard InChI is InChI=1S/C12H13NO2.H2O/c1-8-4-5-13-12-10(8)6-9(14-2)7-11(12)15-3;/h4-7H,1-3H3;1H2. The number of aromatic nitrogens is 1. The van der Waals surface area contributed by atoms with Gasteiger partial charge in [-0.15, -0.1) is 0 Å². The first-order valence-corrected chi connectivity index (χ1v) is 4.73. The smallest absolute Gasteiger partial charge is 0.148 e. The van der Waals surface area contributed by atoms with Crippen LogP contribution in [-0.4, -0.2) is 24.7 Å². The molecule has 2 aromatic rings. The van der Waals surface area contributed by atoms with Crippen LogP contribution in [-0.2, 0) is 0 Å². The maximum absolute atomic E-state index is 5.28. The first kappa shape index (κ1) is 12.3. The lowest BCUT2D eigenvalue weighted by Gasteiger charge is -2.09. The van der Waals surface area contributed by atoms with E-state index in [1.165, 1.54) is 0 Å². The lowest BCUT2D eigenvalue weighted by atomic mass is 10.1. The fraction of sp³-hybridized carbons (Fsp3) is 0.250. The summed E-state index contributed by atoms with van der Waals surface area (Å²) >= 11 is 0. The molecule has 0 radical (unpaired) electrons. The van der Waals surface area contributed by atoms with Crippen molar-refractivity contribution >= 4 is 10.9 Å². The maximum atomic E-state index is 5.28. The summed E-state index contributed by atoms with van der Waals surface area (Å²) in [6.45, 7) is 2.04. The van der Waals surface area contributed by atoms with Crippen molar-refractivity contribution in [3.05, 3.63) is 30.0 Å². The molecular formula is C12H15NO3. The molecular weight excluding hydrogens is 206 g/mol. The van der Waals surface area contributed by atoms with Gasteiger partial charge >= 0.3 is 0 Å². The fourth-order valence-corrected chi connectivity index (χ4v) is 1.60. The molecule has 4 nitrogen and oxygen atoms in total. The second-order valence-corrected chi connectivity index (χ2v) is 3.35. The molecule has 1 heterocycles. The van der Waals surface area contributed by atoms with E-state index < -0.39 is 0 Å². The Morgan fingerprint density at radius 2 is 1.88 bits per heavy atom. The third-order valence-electron chi connectivity index (χ3n) is 2.46. The van der Waals surface area contributed by atoms with Gasteiger partial charge in [-0.25, -0.2) is 0 Å². The molecule has 0 aliphatic carbocycles. The molecule has 1 aromatic carbocycles. The molecule has 1 aromatic heterocycles. The molecule has 0 spiro atoms. The number of methoxy groups -OCH3 is 2. The van der Waals surface area contributed by atoms with Crippen LogP contribution in [0.15, 0.2) is 24.4 Å². The number of aryl methyl sites for hydroxylation is 1. The van der Waals surface area contributed by atoms with E-state index in [0.717, 1.165) is 28.0 Å². The number of nitrogens with zero attached hydrogens (tertiary/aromatic N) is 1. The van der Waals surface area contributed by atoms with Crippen molar-refractivity contribution in [2.75, 3.05) is 14.2 Å². The summed E-state index contributed by atoms with van der Waals surface area (Å²) in [5.41, 5.74) is 2.04. The van der Waals surface area contributed by atoms with E-state index in [1.807, 2.05) is 25.1 Å². The molecule has 0 aliphatic heterocycles. The molecule has 2 N–H and O–H groups in total. The molecule has 0 atom stereocenters. The molecule has 0 saturated heterocycles. The highest BCUT2D eigenvalue weighted by molar-refractivity contribution is 5.88. The van der Waals surface area contributed by atoms with Crippen LogP contribution in [0.4, 0.5) is 0 Å². The summed E-state index contributed by atoms with van der Waals surface area (Å²) in [4.78, 5) is 4.31. The second kappa shape index (κ2) is 4.81. The Kier molecular flexibility index (Phi) is 3.68. The Morgan fingerprint density at radius 1 is 1.12 bits per heavy atom. The van der Waals surface area contributed by atoms with Gasteiger partial charge in [0.2, 0.25) is 0 Å². The first-order chi connectivity index (χ1) is 7.26. The Morgan fingerprint density at radius 3 is 2.50 bits per heavy atom. The minimum absolute atomic E-state index is 0. The second-order valence-electron chi connectivity index (χ2n) is 3.35. The third kappa shape index (κ3) is 1.92. The van der Waals surface area contributed by atoms with Crippen molar-refractivity contribution in [1.82, 2.24) is 4.98 Å². The normalized spacial score (nSPS) is 9.69. The number of rotatable bonds is 2. The maximum Gasteiger partial charge on any atom is 0.148 e. The van der Waals surface area contributed by atoms with Gasteiger partial charge in [-0.3, -0.25) is 4.98 Å². The Bertz CT molecular complexity index is 497. The summed E-state index contributed by atoms with van der Waals surface area (Å²) in [6.07, 6.45) is 1.78.